The number of hydrogen-bond donors (Lipinski definition) is 2. The lowest BCUT2D eigenvalue weighted by Gasteiger charge is -2.04. The van der Waals surface area contributed by atoms with Crippen LogP contribution in [-0.4, -0.2) is 28.5 Å². The molecule has 0 bridgehead atoms. The van der Waals surface area contributed by atoms with Crippen molar-refractivity contribution in [3.63, 3.8) is 0 Å². The van der Waals surface area contributed by atoms with Crippen LogP contribution in [0.25, 0.3) is 0 Å². The summed E-state index contributed by atoms with van der Waals surface area (Å²) in [5.74, 6) is -1.90. The number of benzene rings is 1. The van der Waals surface area contributed by atoms with Gasteiger partial charge in [0.25, 0.3) is 11.6 Å². The van der Waals surface area contributed by atoms with Crippen LogP contribution in [0.3, 0.4) is 0 Å². The SMILES string of the molecule is Cc1cc(C(=O)NOCC(=O)O)ccc1[N+](=O)[O-]. The highest BCUT2D eigenvalue weighted by Crippen LogP contribution is 2.18. The smallest absolute Gasteiger partial charge is 0.332 e. The van der Waals surface area contributed by atoms with Gasteiger partial charge in [-0.2, -0.15) is 0 Å². The molecule has 96 valence electrons. The molecule has 1 rings (SSSR count). The van der Waals surface area contributed by atoms with E-state index < -0.39 is 23.4 Å². The molecular weight excluding hydrogens is 244 g/mol. The highest BCUT2D eigenvalue weighted by molar-refractivity contribution is 5.94. The van der Waals surface area contributed by atoms with E-state index in [9.17, 15) is 19.7 Å². The molecular formula is C10H10N2O6. The zero-order valence-corrected chi connectivity index (χ0v) is 9.37. The summed E-state index contributed by atoms with van der Waals surface area (Å²) in [6.45, 7) is 0.824. The van der Waals surface area contributed by atoms with E-state index in [0.717, 1.165) is 0 Å². The molecule has 1 aromatic carbocycles. The molecule has 0 saturated heterocycles. The van der Waals surface area contributed by atoms with Crippen LogP contribution < -0.4 is 5.48 Å². The lowest BCUT2D eigenvalue weighted by atomic mass is 10.1. The first-order valence-corrected chi connectivity index (χ1v) is 4.80. The average molecular weight is 254 g/mol. The number of carboxylic acid groups (broad SMARTS) is 1. The lowest BCUT2D eigenvalue weighted by Crippen LogP contribution is -2.26. The number of aliphatic carboxylic acids is 1. The Morgan fingerprint density at radius 2 is 2.17 bits per heavy atom. The number of carbonyl (C=O) groups excluding carboxylic acids is 1. The number of carbonyl (C=O) groups is 2. The highest BCUT2D eigenvalue weighted by atomic mass is 16.7. The van der Waals surface area contributed by atoms with Gasteiger partial charge in [-0.05, 0) is 19.1 Å². The van der Waals surface area contributed by atoms with Crippen LogP contribution in [0, 0.1) is 17.0 Å². The lowest BCUT2D eigenvalue weighted by molar-refractivity contribution is -0.385. The molecule has 0 spiro atoms. The van der Waals surface area contributed by atoms with Crippen LogP contribution in [-0.2, 0) is 9.63 Å². The Hall–Kier alpha value is -2.48. The molecule has 0 radical (unpaired) electrons. The van der Waals surface area contributed by atoms with Gasteiger partial charge < -0.3 is 5.11 Å². The summed E-state index contributed by atoms with van der Waals surface area (Å²) in [5, 5.41) is 18.9. The quantitative estimate of drug-likeness (QED) is 0.588. The first kappa shape index (κ1) is 13.6. The van der Waals surface area contributed by atoms with Crippen molar-refractivity contribution in [1.82, 2.24) is 5.48 Å². The maximum Gasteiger partial charge on any atom is 0.332 e. The molecule has 8 heteroatoms. The number of carboxylic acids is 1. The minimum atomic E-state index is -1.23. The van der Waals surface area contributed by atoms with Gasteiger partial charge in [-0.15, -0.1) is 0 Å². The molecule has 0 aliphatic heterocycles. The van der Waals surface area contributed by atoms with Crippen molar-refractivity contribution in [2.75, 3.05) is 6.61 Å². The van der Waals surface area contributed by atoms with Crippen LogP contribution in [0.2, 0.25) is 0 Å². The molecule has 1 amide bonds. The molecule has 0 saturated carbocycles. The summed E-state index contributed by atoms with van der Waals surface area (Å²) in [6.07, 6.45) is 0. The predicted molar refractivity (Wildman–Crippen MR) is 58.9 cm³/mol. The first-order valence-electron chi connectivity index (χ1n) is 4.80. The van der Waals surface area contributed by atoms with Crippen LogP contribution in [0.15, 0.2) is 18.2 Å². The first-order chi connectivity index (χ1) is 8.41. The summed E-state index contributed by atoms with van der Waals surface area (Å²) >= 11 is 0. The van der Waals surface area contributed by atoms with Crippen LogP contribution in [0.5, 0.6) is 0 Å². The molecule has 0 unspecified atom stereocenters. The van der Waals surface area contributed by atoms with Gasteiger partial charge >= 0.3 is 5.97 Å². The fourth-order valence-electron chi connectivity index (χ4n) is 1.22. The van der Waals surface area contributed by atoms with Gasteiger partial charge in [-0.25, -0.2) is 10.3 Å². The van der Waals surface area contributed by atoms with Gasteiger partial charge in [0.1, 0.15) is 0 Å². The third kappa shape index (κ3) is 3.52. The molecule has 0 atom stereocenters. The number of hydroxylamine groups is 1. The Balaban J connectivity index is 2.72. The standard InChI is InChI=1S/C10H10N2O6/c1-6-4-7(2-3-8(6)12(16)17)10(15)11-18-5-9(13)14/h2-4H,5H2,1H3,(H,11,15)(H,13,14). The monoisotopic (exact) mass is 254 g/mol. The van der Waals surface area contributed by atoms with Gasteiger partial charge in [0.2, 0.25) is 0 Å². The van der Waals surface area contributed by atoms with E-state index in [1.165, 1.54) is 25.1 Å². The van der Waals surface area contributed by atoms with E-state index in [0.29, 0.717) is 5.56 Å². The van der Waals surface area contributed by atoms with Gasteiger partial charge in [0, 0.05) is 17.2 Å². The van der Waals surface area contributed by atoms with Crippen molar-refractivity contribution >= 4 is 17.6 Å². The second kappa shape index (κ2) is 5.73. The van der Waals surface area contributed by atoms with Gasteiger partial charge in [0.15, 0.2) is 6.61 Å². The highest BCUT2D eigenvalue weighted by Gasteiger charge is 2.13. The molecule has 18 heavy (non-hydrogen) atoms. The van der Waals surface area contributed by atoms with Crippen LogP contribution >= 0.6 is 0 Å². The second-order valence-corrected chi connectivity index (χ2v) is 3.37. The van der Waals surface area contributed by atoms with E-state index in [-0.39, 0.29) is 11.3 Å². The Kier molecular flexibility index (Phi) is 4.33. The molecule has 0 heterocycles. The number of amides is 1. The summed E-state index contributed by atoms with van der Waals surface area (Å²) in [4.78, 5) is 36.0. The zero-order chi connectivity index (χ0) is 13.7. The van der Waals surface area contributed by atoms with Gasteiger partial charge in [-0.3, -0.25) is 19.7 Å². The van der Waals surface area contributed by atoms with Crippen LogP contribution in [0.4, 0.5) is 5.69 Å². The Morgan fingerprint density at radius 1 is 1.50 bits per heavy atom. The van der Waals surface area contributed by atoms with E-state index in [2.05, 4.69) is 4.84 Å². The molecule has 2 N–H and O–H groups in total. The topological polar surface area (TPSA) is 119 Å². The molecule has 0 aliphatic carbocycles. The van der Waals surface area contributed by atoms with Crippen molar-refractivity contribution in [3.8, 4) is 0 Å². The van der Waals surface area contributed by atoms with E-state index in [4.69, 9.17) is 5.11 Å². The summed E-state index contributed by atoms with van der Waals surface area (Å²) in [6, 6.07) is 3.77. The van der Waals surface area contributed by atoms with Crippen molar-refractivity contribution < 1.29 is 24.5 Å². The van der Waals surface area contributed by atoms with Crippen molar-refractivity contribution in [3.05, 3.63) is 39.4 Å². The number of nitro groups is 1. The Morgan fingerprint density at radius 3 is 2.67 bits per heavy atom. The van der Waals surface area contributed by atoms with Crippen molar-refractivity contribution in [2.24, 2.45) is 0 Å². The number of aryl methyl sites for hydroxylation is 1. The molecule has 8 nitrogen and oxygen atoms in total. The zero-order valence-electron chi connectivity index (χ0n) is 9.37. The number of nitrogens with one attached hydrogen (secondary N) is 1. The maximum absolute atomic E-state index is 11.5. The van der Waals surface area contributed by atoms with Crippen molar-refractivity contribution in [2.45, 2.75) is 6.92 Å². The van der Waals surface area contributed by atoms with Gasteiger partial charge in [-0.1, -0.05) is 0 Å². The summed E-state index contributed by atoms with van der Waals surface area (Å²) in [5.41, 5.74) is 2.28. The fraction of sp³-hybridized carbons (Fsp3) is 0.200. The summed E-state index contributed by atoms with van der Waals surface area (Å²) < 4.78 is 0. The Labute approximate surface area is 101 Å². The third-order valence-electron chi connectivity index (χ3n) is 2.02. The van der Waals surface area contributed by atoms with Crippen molar-refractivity contribution in [1.29, 1.82) is 0 Å². The molecule has 0 fully saturated rings. The number of nitrogens with zero attached hydrogens (tertiary/aromatic N) is 1. The molecule has 0 aliphatic rings. The van der Waals surface area contributed by atoms with E-state index in [1.807, 2.05) is 5.48 Å². The Bertz CT molecular complexity index is 499. The minimum Gasteiger partial charge on any atom is -0.479 e. The van der Waals surface area contributed by atoms with E-state index >= 15 is 0 Å². The normalized spacial score (nSPS) is 9.83. The predicted octanol–water partition coefficient (Wildman–Crippen LogP) is 0.649. The minimum absolute atomic E-state index is 0.0991. The van der Waals surface area contributed by atoms with Crippen LogP contribution in [0.1, 0.15) is 15.9 Å². The number of nitro benzene ring substituents is 1. The average Bonchev–Trinajstić information content (AvgIpc) is 2.27. The summed E-state index contributed by atoms with van der Waals surface area (Å²) in [7, 11) is 0. The number of hydrogen-bond acceptors (Lipinski definition) is 5. The molecule has 0 aromatic heterocycles. The van der Waals surface area contributed by atoms with Gasteiger partial charge in [0.05, 0.1) is 4.92 Å². The van der Waals surface area contributed by atoms with E-state index in [1.54, 1.807) is 0 Å². The fourth-order valence-corrected chi connectivity index (χ4v) is 1.22. The second-order valence-electron chi connectivity index (χ2n) is 3.37. The maximum atomic E-state index is 11.5. The molecule has 1 aromatic rings. The number of rotatable bonds is 5. The largest absolute Gasteiger partial charge is 0.479 e. The third-order valence-corrected chi connectivity index (χ3v) is 2.02.